The Kier molecular flexibility index (Phi) is 5.63. The fraction of sp³-hybridized carbons (Fsp3) is 0.684. The van der Waals surface area contributed by atoms with Crippen molar-refractivity contribution in [1.82, 2.24) is 0 Å². The normalized spacial score (nSPS) is 48.5. The van der Waals surface area contributed by atoms with Gasteiger partial charge in [0.05, 0.1) is 0 Å². The van der Waals surface area contributed by atoms with E-state index in [0.717, 1.165) is 0 Å². The highest BCUT2D eigenvalue weighted by molar-refractivity contribution is 5.34. The van der Waals surface area contributed by atoms with Crippen molar-refractivity contribution >= 4 is 0 Å². The van der Waals surface area contributed by atoms with Crippen LogP contribution in [-0.4, -0.2) is 49.4 Å². The van der Waals surface area contributed by atoms with E-state index in [-0.39, 0.29) is 0 Å². The van der Waals surface area contributed by atoms with Gasteiger partial charge in [0.1, 0.15) is 24.7 Å². The third-order valence-corrected chi connectivity index (χ3v) is 7.04. The Hall–Kier alpha value is -1.69. The number of hydrogen-bond donors (Lipinski definition) is 0. The van der Waals surface area contributed by atoms with E-state index in [1.165, 1.54) is 0 Å². The highest BCUT2D eigenvalue weighted by atomic mass is 19.2. The molecule has 0 heterocycles. The maximum Gasteiger partial charge on any atom is 0.200 e. The van der Waals surface area contributed by atoms with Gasteiger partial charge in [0.2, 0.25) is 5.82 Å². The van der Waals surface area contributed by atoms with Crippen molar-refractivity contribution in [2.24, 2.45) is 23.7 Å². The first-order valence-electron chi connectivity index (χ1n) is 9.48. The van der Waals surface area contributed by atoms with Gasteiger partial charge in [-0.25, -0.2) is 57.1 Å². The van der Waals surface area contributed by atoms with Crippen LogP contribution in [0.1, 0.15) is 11.5 Å². The zero-order chi connectivity index (χ0) is 24.0. The third kappa shape index (κ3) is 2.83. The molecule has 0 bridgehead atoms. The van der Waals surface area contributed by atoms with Crippen molar-refractivity contribution in [3.05, 3.63) is 34.6 Å². The molecule has 0 aromatic heterocycles. The maximum atomic E-state index is 14.8. The average molecular weight is 488 g/mol. The van der Waals surface area contributed by atoms with Crippen LogP contribution in [0.3, 0.4) is 0 Å². The number of alkyl halides is 8. The molecule has 0 saturated heterocycles. The molecular weight excluding hydrogens is 475 g/mol. The monoisotopic (exact) mass is 488 g/mol. The van der Waals surface area contributed by atoms with E-state index in [9.17, 15) is 57.1 Å². The minimum atomic E-state index is -3.33. The fourth-order valence-electron chi connectivity index (χ4n) is 5.77. The first kappa shape index (κ1) is 23.5. The Labute approximate surface area is 171 Å². The molecule has 1 aromatic carbocycles. The predicted octanol–water partition coefficient (Wildman–Crippen LogP) is 5.68. The van der Waals surface area contributed by atoms with E-state index in [1.807, 2.05) is 0 Å². The summed E-state index contributed by atoms with van der Waals surface area (Å²) < 4.78 is 185. The van der Waals surface area contributed by atoms with Crippen LogP contribution in [-0.2, 0) is 0 Å². The third-order valence-electron chi connectivity index (χ3n) is 7.04. The van der Waals surface area contributed by atoms with Gasteiger partial charge in [0.15, 0.2) is 48.0 Å². The van der Waals surface area contributed by atoms with E-state index in [0.29, 0.717) is 0 Å². The Morgan fingerprint density at radius 2 is 0.562 bits per heavy atom. The molecule has 180 valence electrons. The predicted molar refractivity (Wildman–Crippen MR) is 82.1 cm³/mol. The fourth-order valence-corrected chi connectivity index (χ4v) is 5.77. The van der Waals surface area contributed by atoms with E-state index in [1.54, 1.807) is 0 Å². The molecule has 3 fully saturated rings. The molecule has 0 spiro atoms. The van der Waals surface area contributed by atoms with Crippen LogP contribution in [0.4, 0.5) is 57.1 Å². The minimum absolute atomic E-state index is 1.94. The van der Waals surface area contributed by atoms with Gasteiger partial charge in [-0.1, -0.05) is 0 Å². The largest absolute Gasteiger partial charge is 0.244 e. The topological polar surface area (TPSA) is 0 Å². The molecule has 1 aromatic rings. The second kappa shape index (κ2) is 7.68. The molecular formula is C19H13F13. The molecule has 32 heavy (non-hydrogen) atoms. The lowest BCUT2D eigenvalue weighted by Crippen LogP contribution is -2.56. The average Bonchev–Trinajstić information content (AvgIpc) is 3.12. The van der Waals surface area contributed by atoms with Gasteiger partial charge in [0, 0.05) is 35.2 Å². The maximum absolute atomic E-state index is 14.8. The van der Waals surface area contributed by atoms with E-state index in [2.05, 4.69) is 0 Å². The lowest BCUT2D eigenvalue weighted by Gasteiger charge is -2.42. The lowest BCUT2D eigenvalue weighted by atomic mass is 9.69. The molecule has 13 heteroatoms. The second-order valence-corrected chi connectivity index (χ2v) is 8.37. The standard InChI is InChI=1S/C19H13F13/c20-7-2-1(6-11(24)17(30)19(32)18(31)12(6)25)3-5(4(2)9(22)15(28)13(7)26)10(23)16(29)14(27)8(3)21/h1-5,7-10,13-16H. The summed E-state index contributed by atoms with van der Waals surface area (Å²) in [6, 6.07) is 0. The molecule has 3 aliphatic carbocycles. The van der Waals surface area contributed by atoms with Crippen LogP contribution in [0.5, 0.6) is 0 Å². The molecule has 12 unspecified atom stereocenters. The van der Waals surface area contributed by atoms with Crippen LogP contribution in [0, 0.1) is 52.8 Å². The van der Waals surface area contributed by atoms with E-state index >= 15 is 0 Å². The number of rotatable bonds is 1. The van der Waals surface area contributed by atoms with Crippen molar-refractivity contribution in [2.45, 2.75) is 55.3 Å². The summed E-state index contributed by atoms with van der Waals surface area (Å²) in [6.07, 6.45) is -25.9. The summed E-state index contributed by atoms with van der Waals surface area (Å²) in [5.41, 5.74) is -1.94. The SMILES string of the molecule is Fc1c(F)c(F)c(C2C3C(F)C(F)C(F)C(F)C3C3C(F)C(F)C(F)C(F)C23)c(F)c1F. The summed E-state index contributed by atoms with van der Waals surface area (Å²) >= 11 is 0. The Morgan fingerprint density at radius 3 is 0.875 bits per heavy atom. The summed E-state index contributed by atoms with van der Waals surface area (Å²) in [5, 5.41) is 0. The van der Waals surface area contributed by atoms with Crippen molar-refractivity contribution in [1.29, 1.82) is 0 Å². The Balaban J connectivity index is 2.00. The van der Waals surface area contributed by atoms with Gasteiger partial charge in [-0.2, -0.15) is 0 Å². The number of benzene rings is 1. The van der Waals surface area contributed by atoms with Crippen molar-refractivity contribution in [3.63, 3.8) is 0 Å². The number of hydrogen-bond acceptors (Lipinski definition) is 0. The first-order valence-corrected chi connectivity index (χ1v) is 9.48. The molecule has 0 amide bonds. The van der Waals surface area contributed by atoms with Crippen molar-refractivity contribution < 1.29 is 57.1 Å². The van der Waals surface area contributed by atoms with Crippen LogP contribution in [0.15, 0.2) is 0 Å². The molecule has 3 aliphatic rings. The van der Waals surface area contributed by atoms with Crippen molar-refractivity contribution in [2.75, 3.05) is 0 Å². The minimum Gasteiger partial charge on any atom is -0.244 e. The van der Waals surface area contributed by atoms with Gasteiger partial charge >= 0.3 is 0 Å². The Morgan fingerprint density at radius 1 is 0.312 bits per heavy atom. The molecule has 3 saturated carbocycles. The van der Waals surface area contributed by atoms with E-state index < -0.39 is 114 Å². The van der Waals surface area contributed by atoms with Crippen LogP contribution in [0.25, 0.3) is 0 Å². The van der Waals surface area contributed by atoms with Gasteiger partial charge < -0.3 is 0 Å². The van der Waals surface area contributed by atoms with Gasteiger partial charge in [-0.3, -0.25) is 0 Å². The Bertz CT molecular complexity index is 841. The van der Waals surface area contributed by atoms with E-state index in [4.69, 9.17) is 0 Å². The number of fused-ring (bicyclic) bond motifs is 3. The smallest absolute Gasteiger partial charge is 0.200 e. The second-order valence-electron chi connectivity index (χ2n) is 8.37. The molecule has 0 N–H and O–H groups in total. The molecule has 4 rings (SSSR count). The summed E-state index contributed by atoms with van der Waals surface area (Å²) in [7, 11) is 0. The highest BCUT2D eigenvalue weighted by Crippen LogP contribution is 2.64. The number of halogens is 13. The zero-order valence-corrected chi connectivity index (χ0v) is 15.4. The lowest BCUT2D eigenvalue weighted by molar-refractivity contribution is -0.114. The quantitative estimate of drug-likeness (QED) is 0.271. The van der Waals surface area contributed by atoms with Crippen molar-refractivity contribution in [3.8, 4) is 0 Å². The summed E-state index contributed by atoms with van der Waals surface area (Å²) in [6.45, 7) is 0. The molecule has 12 atom stereocenters. The van der Waals surface area contributed by atoms with Gasteiger partial charge in [-0.05, 0) is 0 Å². The van der Waals surface area contributed by atoms with Gasteiger partial charge in [-0.15, -0.1) is 0 Å². The van der Waals surface area contributed by atoms with Crippen LogP contribution >= 0.6 is 0 Å². The highest BCUT2D eigenvalue weighted by Gasteiger charge is 2.71. The molecule has 0 radical (unpaired) electrons. The van der Waals surface area contributed by atoms with Gasteiger partial charge in [0.25, 0.3) is 0 Å². The van der Waals surface area contributed by atoms with Crippen LogP contribution < -0.4 is 0 Å². The first-order chi connectivity index (χ1) is 14.8. The van der Waals surface area contributed by atoms with Crippen LogP contribution in [0.2, 0.25) is 0 Å². The summed E-state index contributed by atoms with van der Waals surface area (Å²) in [5.74, 6) is -25.8. The zero-order valence-electron chi connectivity index (χ0n) is 15.4. The molecule has 0 nitrogen and oxygen atoms in total. The molecule has 0 aliphatic heterocycles. The summed E-state index contributed by atoms with van der Waals surface area (Å²) in [4.78, 5) is 0.